The number of carbonyl (C=O) groups is 1. The zero-order chi connectivity index (χ0) is 17.6. The van der Waals surface area contributed by atoms with Crippen molar-refractivity contribution in [2.24, 2.45) is 10.7 Å². The standard InChI is InChI=1S/C19H22N4O2/c1-21-19(22-11-13-6-8-14(9-7-13)18(20)24)23-12-16-10-15-4-2-3-5-17(15)25-16/h2-9,16H,10-12H2,1H3,(H2,20,24)(H2,21,22,23). The van der Waals surface area contributed by atoms with Crippen LogP contribution in [0.2, 0.25) is 0 Å². The molecule has 0 saturated carbocycles. The molecule has 0 fully saturated rings. The molecule has 2 aromatic rings. The van der Waals surface area contributed by atoms with E-state index in [1.807, 2.05) is 30.3 Å². The molecule has 1 unspecified atom stereocenters. The van der Waals surface area contributed by atoms with Crippen LogP contribution in [0.25, 0.3) is 0 Å². The fraction of sp³-hybridized carbons (Fsp3) is 0.263. The largest absolute Gasteiger partial charge is 0.488 e. The maximum atomic E-state index is 11.1. The van der Waals surface area contributed by atoms with Gasteiger partial charge >= 0.3 is 0 Å². The molecule has 1 heterocycles. The number of benzene rings is 2. The monoisotopic (exact) mass is 338 g/mol. The van der Waals surface area contributed by atoms with Crippen molar-refractivity contribution in [1.82, 2.24) is 10.6 Å². The van der Waals surface area contributed by atoms with Crippen LogP contribution in [-0.4, -0.2) is 31.6 Å². The van der Waals surface area contributed by atoms with E-state index >= 15 is 0 Å². The maximum Gasteiger partial charge on any atom is 0.248 e. The molecule has 6 heteroatoms. The molecule has 6 nitrogen and oxygen atoms in total. The van der Waals surface area contributed by atoms with Gasteiger partial charge in [-0.1, -0.05) is 30.3 Å². The first-order valence-corrected chi connectivity index (χ1v) is 8.23. The normalized spacial score (nSPS) is 16.0. The van der Waals surface area contributed by atoms with E-state index in [1.165, 1.54) is 5.56 Å². The number of nitrogens with two attached hydrogens (primary N) is 1. The average molecular weight is 338 g/mol. The molecule has 0 aliphatic carbocycles. The van der Waals surface area contributed by atoms with Crippen molar-refractivity contribution in [3.05, 3.63) is 65.2 Å². The number of nitrogens with zero attached hydrogens (tertiary/aromatic N) is 1. The second kappa shape index (κ2) is 7.70. The van der Waals surface area contributed by atoms with Crippen LogP contribution in [-0.2, 0) is 13.0 Å². The van der Waals surface area contributed by atoms with Gasteiger partial charge in [-0.05, 0) is 29.3 Å². The minimum Gasteiger partial charge on any atom is -0.488 e. The van der Waals surface area contributed by atoms with Crippen LogP contribution in [0, 0.1) is 0 Å². The van der Waals surface area contributed by atoms with Gasteiger partial charge in [-0.3, -0.25) is 9.79 Å². The molecule has 1 atom stereocenters. The Bertz CT molecular complexity index is 746. The molecule has 0 radical (unpaired) electrons. The van der Waals surface area contributed by atoms with Gasteiger partial charge in [-0.25, -0.2) is 0 Å². The Hall–Kier alpha value is -3.02. The lowest BCUT2D eigenvalue weighted by molar-refractivity contribution is 0.100. The number of hydrogen-bond donors (Lipinski definition) is 3. The number of guanidine groups is 1. The van der Waals surface area contributed by atoms with Gasteiger partial charge in [0, 0.05) is 25.6 Å². The summed E-state index contributed by atoms with van der Waals surface area (Å²) in [4.78, 5) is 15.3. The fourth-order valence-electron chi connectivity index (χ4n) is 2.77. The van der Waals surface area contributed by atoms with E-state index in [0.29, 0.717) is 24.6 Å². The number of fused-ring (bicyclic) bond motifs is 1. The topological polar surface area (TPSA) is 88.7 Å². The summed E-state index contributed by atoms with van der Waals surface area (Å²) in [6, 6.07) is 15.3. The number of hydrogen-bond acceptors (Lipinski definition) is 3. The highest BCUT2D eigenvalue weighted by atomic mass is 16.5. The molecule has 3 rings (SSSR count). The number of carbonyl (C=O) groups excluding carboxylic acids is 1. The van der Waals surface area contributed by atoms with Crippen molar-refractivity contribution in [3.63, 3.8) is 0 Å². The van der Waals surface area contributed by atoms with Crippen LogP contribution < -0.4 is 21.1 Å². The molecule has 25 heavy (non-hydrogen) atoms. The van der Waals surface area contributed by atoms with Gasteiger partial charge in [0.1, 0.15) is 11.9 Å². The number of ether oxygens (including phenoxy) is 1. The summed E-state index contributed by atoms with van der Waals surface area (Å²) in [6.07, 6.45) is 1.00. The summed E-state index contributed by atoms with van der Waals surface area (Å²) in [5.41, 5.74) is 8.03. The van der Waals surface area contributed by atoms with Crippen LogP contribution in [0.4, 0.5) is 0 Å². The number of amides is 1. The van der Waals surface area contributed by atoms with Crippen molar-refractivity contribution < 1.29 is 9.53 Å². The molecular formula is C19H22N4O2. The highest BCUT2D eigenvalue weighted by Gasteiger charge is 2.22. The van der Waals surface area contributed by atoms with E-state index in [2.05, 4.69) is 21.7 Å². The Labute approximate surface area is 147 Å². The molecule has 0 spiro atoms. The zero-order valence-electron chi connectivity index (χ0n) is 14.2. The number of aliphatic imine (C=N–C) groups is 1. The molecule has 2 aromatic carbocycles. The summed E-state index contributed by atoms with van der Waals surface area (Å²) in [5.74, 6) is 1.25. The van der Waals surface area contributed by atoms with Crippen LogP contribution in [0.5, 0.6) is 5.75 Å². The Balaban J connectivity index is 1.46. The number of rotatable bonds is 5. The Morgan fingerprint density at radius 2 is 1.96 bits per heavy atom. The van der Waals surface area contributed by atoms with Crippen molar-refractivity contribution in [2.45, 2.75) is 19.1 Å². The minimum absolute atomic E-state index is 0.103. The smallest absolute Gasteiger partial charge is 0.248 e. The van der Waals surface area contributed by atoms with E-state index in [4.69, 9.17) is 10.5 Å². The fourth-order valence-corrected chi connectivity index (χ4v) is 2.77. The highest BCUT2D eigenvalue weighted by molar-refractivity contribution is 5.92. The van der Waals surface area contributed by atoms with Crippen LogP contribution in [0.1, 0.15) is 21.5 Å². The van der Waals surface area contributed by atoms with Crippen LogP contribution >= 0.6 is 0 Å². The molecule has 1 aliphatic rings. The molecule has 1 aliphatic heterocycles. The van der Waals surface area contributed by atoms with Gasteiger partial charge in [0.2, 0.25) is 5.91 Å². The van der Waals surface area contributed by atoms with Gasteiger partial charge in [0.05, 0.1) is 6.54 Å². The van der Waals surface area contributed by atoms with Crippen molar-refractivity contribution >= 4 is 11.9 Å². The molecule has 4 N–H and O–H groups in total. The zero-order valence-corrected chi connectivity index (χ0v) is 14.2. The van der Waals surface area contributed by atoms with E-state index in [-0.39, 0.29) is 6.10 Å². The first-order valence-electron chi connectivity index (χ1n) is 8.23. The molecule has 0 bridgehead atoms. The molecular weight excluding hydrogens is 316 g/mol. The second-order valence-electron chi connectivity index (χ2n) is 5.92. The highest BCUT2D eigenvalue weighted by Crippen LogP contribution is 2.27. The average Bonchev–Trinajstić information content (AvgIpc) is 3.05. The predicted octanol–water partition coefficient (Wildman–Crippen LogP) is 1.45. The third kappa shape index (κ3) is 4.29. The predicted molar refractivity (Wildman–Crippen MR) is 97.7 cm³/mol. The molecule has 1 amide bonds. The summed E-state index contributed by atoms with van der Waals surface area (Å²) >= 11 is 0. The minimum atomic E-state index is -0.422. The summed E-state index contributed by atoms with van der Waals surface area (Å²) < 4.78 is 5.91. The summed E-state index contributed by atoms with van der Waals surface area (Å²) in [7, 11) is 1.73. The lowest BCUT2D eigenvalue weighted by Crippen LogP contribution is -2.41. The molecule has 0 saturated heterocycles. The van der Waals surface area contributed by atoms with Crippen molar-refractivity contribution in [1.29, 1.82) is 0 Å². The third-order valence-electron chi connectivity index (χ3n) is 4.13. The van der Waals surface area contributed by atoms with Crippen molar-refractivity contribution in [2.75, 3.05) is 13.6 Å². The summed E-state index contributed by atoms with van der Waals surface area (Å²) in [5, 5.41) is 6.53. The van der Waals surface area contributed by atoms with Crippen molar-refractivity contribution in [3.8, 4) is 5.75 Å². The van der Waals surface area contributed by atoms with Crippen LogP contribution in [0.3, 0.4) is 0 Å². The van der Waals surface area contributed by atoms with Crippen LogP contribution in [0.15, 0.2) is 53.5 Å². The SMILES string of the molecule is CN=C(NCc1ccc(C(N)=O)cc1)NCC1Cc2ccccc2O1. The maximum absolute atomic E-state index is 11.1. The van der Waals surface area contributed by atoms with Gasteiger partial charge in [-0.2, -0.15) is 0 Å². The number of nitrogens with one attached hydrogen (secondary N) is 2. The number of para-hydroxylation sites is 1. The van der Waals surface area contributed by atoms with E-state index in [1.54, 1.807) is 19.2 Å². The molecule has 0 aromatic heterocycles. The van der Waals surface area contributed by atoms with Gasteiger partial charge in [-0.15, -0.1) is 0 Å². The lowest BCUT2D eigenvalue weighted by atomic mass is 10.1. The van der Waals surface area contributed by atoms with E-state index in [0.717, 1.165) is 17.7 Å². The lowest BCUT2D eigenvalue weighted by Gasteiger charge is -2.15. The Morgan fingerprint density at radius 3 is 2.64 bits per heavy atom. The van der Waals surface area contributed by atoms with Gasteiger partial charge in [0.15, 0.2) is 5.96 Å². The van der Waals surface area contributed by atoms with Gasteiger partial charge in [0.25, 0.3) is 0 Å². The van der Waals surface area contributed by atoms with E-state index in [9.17, 15) is 4.79 Å². The number of primary amides is 1. The second-order valence-corrected chi connectivity index (χ2v) is 5.92. The van der Waals surface area contributed by atoms with E-state index < -0.39 is 5.91 Å². The Morgan fingerprint density at radius 1 is 1.20 bits per heavy atom. The Kier molecular flexibility index (Phi) is 5.18. The third-order valence-corrected chi connectivity index (χ3v) is 4.13. The quantitative estimate of drug-likeness (QED) is 0.569. The summed E-state index contributed by atoms with van der Waals surface area (Å²) in [6.45, 7) is 1.28. The first-order chi connectivity index (χ1) is 12.2. The van der Waals surface area contributed by atoms with Gasteiger partial charge < -0.3 is 21.1 Å². The first kappa shape index (κ1) is 16.8. The molecule has 130 valence electrons.